The Labute approximate surface area is 125 Å². The first-order valence-electron chi connectivity index (χ1n) is 6.75. The third kappa shape index (κ3) is 1.83. The van der Waals surface area contributed by atoms with Crippen LogP contribution in [-0.4, -0.2) is 9.91 Å². The molecule has 0 amide bonds. The Kier molecular flexibility index (Phi) is 2.66. The van der Waals surface area contributed by atoms with Gasteiger partial charge in [-0.05, 0) is 35.9 Å². The highest BCUT2D eigenvalue weighted by molar-refractivity contribution is 6.04. The molecule has 2 aromatic carbocycles. The maximum Gasteiger partial charge on any atom is 0.277 e. The van der Waals surface area contributed by atoms with E-state index in [0.717, 1.165) is 22.0 Å². The number of hydrogen-bond acceptors (Lipinski definition) is 4. The van der Waals surface area contributed by atoms with E-state index in [1.54, 1.807) is 24.4 Å². The van der Waals surface area contributed by atoms with Crippen LogP contribution in [0.25, 0.3) is 33.2 Å². The van der Waals surface area contributed by atoms with Crippen LogP contribution >= 0.6 is 0 Å². The zero-order valence-corrected chi connectivity index (χ0v) is 11.4. The monoisotopic (exact) mass is 290 g/mol. The van der Waals surface area contributed by atoms with Gasteiger partial charge in [0.15, 0.2) is 5.58 Å². The lowest BCUT2D eigenvalue weighted by Gasteiger charge is -2.03. The molecule has 0 aliphatic rings. The Bertz CT molecular complexity index is 1020. The maximum absolute atomic E-state index is 11.2. The van der Waals surface area contributed by atoms with Crippen molar-refractivity contribution in [1.82, 2.24) is 4.98 Å². The maximum atomic E-state index is 11.2. The second-order valence-corrected chi connectivity index (χ2v) is 4.94. The molecule has 5 nitrogen and oxygen atoms in total. The average Bonchev–Trinajstić information content (AvgIpc) is 2.92. The van der Waals surface area contributed by atoms with E-state index in [2.05, 4.69) is 4.98 Å². The lowest BCUT2D eigenvalue weighted by atomic mass is 10.0. The minimum atomic E-state index is -0.370. The van der Waals surface area contributed by atoms with Crippen LogP contribution in [0.5, 0.6) is 0 Å². The minimum absolute atomic E-state index is 0.0857. The fraction of sp³-hybridized carbons (Fsp3) is 0. The largest absolute Gasteiger partial charge is 0.454 e. The molecule has 0 radical (unpaired) electrons. The molecule has 5 heteroatoms. The zero-order valence-electron chi connectivity index (χ0n) is 11.4. The Morgan fingerprint density at radius 2 is 1.86 bits per heavy atom. The molecular weight excluding hydrogens is 280 g/mol. The Morgan fingerprint density at radius 3 is 2.73 bits per heavy atom. The second-order valence-electron chi connectivity index (χ2n) is 4.94. The van der Waals surface area contributed by atoms with Crippen molar-refractivity contribution >= 4 is 27.8 Å². The number of pyridine rings is 1. The fourth-order valence-corrected chi connectivity index (χ4v) is 2.64. The third-order valence-electron chi connectivity index (χ3n) is 3.64. The van der Waals surface area contributed by atoms with Crippen LogP contribution in [0.3, 0.4) is 0 Å². The lowest BCUT2D eigenvalue weighted by molar-refractivity contribution is -0.384. The first kappa shape index (κ1) is 12.5. The van der Waals surface area contributed by atoms with E-state index in [9.17, 15) is 10.1 Å². The van der Waals surface area contributed by atoms with Crippen molar-refractivity contribution in [3.05, 3.63) is 70.9 Å². The third-order valence-corrected chi connectivity index (χ3v) is 3.64. The Balaban J connectivity index is 2.00. The van der Waals surface area contributed by atoms with Gasteiger partial charge >= 0.3 is 0 Å². The zero-order chi connectivity index (χ0) is 15.1. The van der Waals surface area contributed by atoms with Crippen LogP contribution in [0, 0.1) is 10.1 Å². The van der Waals surface area contributed by atoms with E-state index in [-0.39, 0.29) is 10.6 Å². The molecule has 0 fully saturated rings. The number of nitro groups is 1. The van der Waals surface area contributed by atoms with Crippen LogP contribution in [0.1, 0.15) is 0 Å². The van der Waals surface area contributed by atoms with Gasteiger partial charge in [0.1, 0.15) is 11.1 Å². The smallest absolute Gasteiger partial charge is 0.277 e. The van der Waals surface area contributed by atoms with E-state index in [1.807, 2.05) is 30.3 Å². The number of fused-ring (bicyclic) bond motifs is 3. The summed E-state index contributed by atoms with van der Waals surface area (Å²) >= 11 is 0. The number of nitrogens with zero attached hydrogens (tertiary/aromatic N) is 2. The molecule has 0 spiro atoms. The Morgan fingerprint density at radius 1 is 1.00 bits per heavy atom. The van der Waals surface area contributed by atoms with Crippen LogP contribution in [0.2, 0.25) is 0 Å². The number of aromatic nitrogens is 1. The van der Waals surface area contributed by atoms with Gasteiger partial charge in [-0.1, -0.05) is 18.2 Å². The molecule has 4 aromatic rings. The quantitative estimate of drug-likeness (QED) is 0.401. The molecule has 0 saturated carbocycles. The topological polar surface area (TPSA) is 69.2 Å². The van der Waals surface area contributed by atoms with Crippen molar-refractivity contribution in [1.29, 1.82) is 0 Å². The van der Waals surface area contributed by atoms with Gasteiger partial charge in [0.2, 0.25) is 0 Å². The number of nitro benzene ring substituents is 1. The first-order chi connectivity index (χ1) is 10.7. The molecule has 0 aliphatic heterocycles. The van der Waals surface area contributed by atoms with E-state index in [4.69, 9.17) is 4.42 Å². The summed E-state index contributed by atoms with van der Waals surface area (Å²) in [6.07, 6.45) is 1.70. The number of benzene rings is 2. The molecule has 0 unspecified atom stereocenters. The summed E-state index contributed by atoms with van der Waals surface area (Å²) in [6, 6.07) is 15.9. The van der Waals surface area contributed by atoms with Crippen molar-refractivity contribution in [3.63, 3.8) is 0 Å². The van der Waals surface area contributed by atoms with Crippen molar-refractivity contribution in [2.75, 3.05) is 0 Å². The van der Waals surface area contributed by atoms with E-state index < -0.39 is 0 Å². The van der Waals surface area contributed by atoms with Crippen LogP contribution in [0.4, 0.5) is 5.69 Å². The molecule has 22 heavy (non-hydrogen) atoms. The number of rotatable bonds is 2. The highest BCUT2D eigenvalue weighted by Gasteiger charge is 2.16. The van der Waals surface area contributed by atoms with Gasteiger partial charge in [0, 0.05) is 17.6 Å². The lowest BCUT2D eigenvalue weighted by Crippen LogP contribution is -1.91. The molecular formula is C17H10N2O3. The summed E-state index contributed by atoms with van der Waals surface area (Å²) < 4.78 is 5.72. The van der Waals surface area contributed by atoms with Gasteiger partial charge in [0.25, 0.3) is 5.69 Å². The summed E-state index contributed by atoms with van der Waals surface area (Å²) in [5.74, 6) is 0. The van der Waals surface area contributed by atoms with Gasteiger partial charge in [-0.3, -0.25) is 15.1 Å². The SMILES string of the molecule is O=[N+]([O-])c1ccccc1-c1ccc2oc3cccnc3c2c1. The van der Waals surface area contributed by atoms with Gasteiger partial charge in [-0.25, -0.2) is 0 Å². The summed E-state index contributed by atoms with van der Waals surface area (Å²) in [5.41, 5.74) is 3.63. The second kappa shape index (κ2) is 4.66. The van der Waals surface area contributed by atoms with Gasteiger partial charge in [-0.2, -0.15) is 0 Å². The fourth-order valence-electron chi connectivity index (χ4n) is 2.64. The normalized spacial score (nSPS) is 11.1. The molecule has 0 N–H and O–H groups in total. The molecule has 106 valence electrons. The molecule has 2 aromatic heterocycles. The van der Waals surface area contributed by atoms with Gasteiger partial charge in [0.05, 0.1) is 10.5 Å². The molecule has 0 saturated heterocycles. The van der Waals surface area contributed by atoms with E-state index in [0.29, 0.717) is 11.1 Å². The standard InChI is InChI=1S/C17H10N2O3/c20-19(21)14-5-2-1-4-12(14)11-7-8-15-13(10-11)17-16(22-15)6-3-9-18-17/h1-10H. The summed E-state index contributed by atoms with van der Waals surface area (Å²) in [4.78, 5) is 15.2. The Hall–Kier alpha value is -3.21. The summed E-state index contributed by atoms with van der Waals surface area (Å²) in [7, 11) is 0. The van der Waals surface area contributed by atoms with Gasteiger partial charge < -0.3 is 4.42 Å². The summed E-state index contributed by atoms with van der Waals surface area (Å²) in [6.45, 7) is 0. The molecule has 4 rings (SSSR count). The van der Waals surface area contributed by atoms with E-state index in [1.165, 1.54) is 6.07 Å². The van der Waals surface area contributed by atoms with Crippen molar-refractivity contribution in [2.24, 2.45) is 0 Å². The van der Waals surface area contributed by atoms with Crippen molar-refractivity contribution in [3.8, 4) is 11.1 Å². The highest BCUT2D eigenvalue weighted by atomic mass is 16.6. The average molecular weight is 290 g/mol. The predicted molar refractivity (Wildman–Crippen MR) is 83.6 cm³/mol. The van der Waals surface area contributed by atoms with Crippen molar-refractivity contribution < 1.29 is 9.34 Å². The molecule has 0 aliphatic carbocycles. The van der Waals surface area contributed by atoms with E-state index >= 15 is 0 Å². The molecule has 0 bridgehead atoms. The number of para-hydroxylation sites is 1. The molecule has 2 heterocycles. The molecule has 0 atom stereocenters. The van der Waals surface area contributed by atoms with Crippen LogP contribution < -0.4 is 0 Å². The first-order valence-corrected chi connectivity index (χ1v) is 6.75. The van der Waals surface area contributed by atoms with Crippen LogP contribution in [-0.2, 0) is 0 Å². The summed E-state index contributed by atoms with van der Waals surface area (Å²) in [5, 5.41) is 12.0. The number of furan rings is 1. The van der Waals surface area contributed by atoms with Gasteiger partial charge in [-0.15, -0.1) is 0 Å². The highest BCUT2D eigenvalue weighted by Crippen LogP contribution is 2.34. The number of hydrogen-bond donors (Lipinski definition) is 0. The van der Waals surface area contributed by atoms with Crippen molar-refractivity contribution in [2.45, 2.75) is 0 Å². The minimum Gasteiger partial charge on any atom is -0.454 e. The van der Waals surface area contributed by atoms with Crippen LogP contribution in [0.15, 0.2) is 65.2 Å². The predicted octanol–water partition coefficient (Wildman–Crippen LogP) is 4.56.